The lowest BCUT2D eigenvalue weighted by atomic mass is 10.2. The van der Waals surface area contributed by atoms with Crippen LogP contribution < -0.4 is 0 Å². The second kappa shape index (κ2) is 7.21. The van der Waals surface area contributed by atoms with Gasteiger partial charge in [-0.15, -0.1) is 0 Å². The van der Waals surface area contributed by atoms with Crippen molar-refractivity contribution in [3.63, 3.8) is 0 Å². The third-order valence-corrected chi connectivity index (χ3v) is 5.19. The number of carboxylic acids is 1. The fourth-order valence-corrected chi connectivity index (χ4v) is 3.90. The summed E-state index contributed by atoms with van der Waals surface area (Å²) in [6.07, 6.45) is 1.52. The van der Waals surface area contributed by atoms with E-state index in [1.807, 2.05) is 0 Å². The SMILES string of the molecule is O=C(O)CN1C(=O)C(=Cc2ccc(-c3ccc(Cl)cc3Cl)o2)SC1=S. The second-order valence-corrected chi connectivity index (χ2v) is 7.51. The van der Waals surface area contributed by atoms with Gasteiger partial charge in [0.2, 0.25) is 0 Å². The van der Waals surface area contributed by atoms with Crippen molar-refractivity contribution in [1.82, 2.24) is 4.90 Å². The third kappa shape index (κ3) is 3.90. The Morgan fingerprint density at radius 3 is 2.76 bits per heavy atom. The van der Waals surface area contributed by atoms with Crippen LogP contribution >= 0.6 is 47.2 Å². The van der Waals surface area contributed by atoms with E-state index in [1.165, 1.54) is 6.08 Å². The van der Waals surface area contributed by atoms with E-state index in [-0.39, 0.29) is 4.32 Å². The summed E-state index contributed by atoms with van der Waals surface area (Å²) < 4.78 is 5.90. The number of amides is 1. The van der Waals surface area contributed by atoms with Crippen molar-refractivity contribution in [3.8, 4) is 11.3 Å². The number of carbonyl (C=O) groups is 2. The van der Waals surface area contributed by atoms with E-state index < -0.39 is 18.4 Å². The zero-order chi connectivity index (χ0) is 18.1. The predicted molar refractivity (Wildman–Crippen MR) is 102 cm³/mol. The highest BCUT2D eigenvalue weighted by Gasteiger charge is 2.33. The summed E-state index contributed by atoms with van der Waals surface area (Å²) in [5.74, 6) is -0.638. The normalized spacial score (nSPS) is 16.1. The Morgan fingerprint density at radius 1 is 1.32 bits per heavy atom. The van der Waals surface area contributed by atoms with E-state index in [2.05, 4.69) is 0 Å². The van der Waals surface area contributed by atoms with Crippen LogP contribution in [0, 0.1) is 0 Å². The molecule has 0 unspecified atom stereocenters. The number of halogens is 2. The minimum atomic E-state index is -1.13. The van der Waals surface area contributed by atoms with E-state index in [9.17, 15) is 9.59 Å². The smallest absolute Gasteiger partial charge is 0.323 e. The average Bonchev–Trinajstić information content (AvgIpc) is 3.08. The number of furan rings is 1. The standard InChI is InChI=1S/C16H9Cl2NO4S2/c17-8-1-3-10(11(18)5-8)12-4-2-9(23-12)6-13-15(22)19(7-14(20)21)16(24)25-13/h1-6H,7H2,(H,20,21). The summed E-state index contributed by atoms with van der Waals surface area (Å²) in [6, 6.07) is 8.45. The van der Waals surface area contributed by atoms with Gasteiger partial charge in [-0.2, -0.15) is 0 Å². The first-order valence-electron chi connectivity index (χ1n) is 6.87. The van der Waals surface area contributed by atoms with Gasteiger partial charge in [-0.1, -0.05) is 47.2 Å². The molecule has 1 aromatic heterocycles. The van der Waals surface area contributed by atoms with Crippen molar-refractivity contribution in [2.45, 2.75) is 0 Å². The Bertz CT molecular complexity index is 923. The van der Waals surface area contributed by atoms with Gasteiger partial charge < -0.3 is 9.52 Å². The summed E-state index contributed by atoms with van der Waals surface area (Å²) in [5, 5.41) is 9.80. The van der Waals surface area contributed by atoms with Crippen LogP contribution in [-0.4, -0.2) is 32.7 Å². The Morgan fingerprint density at radius 2 is 2.08 bits per heavy atom. The largest absolute Gasteiger partial charge is 0.480 e. The van der Waals surface area contributed by atoms with E-state index in [0.29, 0.717) is 32.0 Å². The first-order chi connectivity index (χ1) is 11.8. The number of thioether (sulfide) groups is 1. The van der Waals surface area contributed by atoms with Crippen molar-refractivity contribution in [2.24, 2.45) is 0 Å². The summed E-state index contributed by atoms with van der Waals surface area (Å²) in [7, 11) is 0. The molecular weight excluding hydrogens is 405 g/mol. The van der Waals surface area contributed by atoms with Gasteiger partial charge in [-0.05, 0) is 30.3 Å². The second-order valence-electron chi connectivity index (χ2n) is 4.99. The molecular formula is C16H9Cl2NO4S2. The highest BCUT2D eigenvalue weighted by atomic mass is 35.5. The Balaban J connectivity index is 1.86. The molecule has 1 aromatic carbocycles. The molecule has 1 amide bonds. The van der Waals surface area contributed by atoms with Crippen molar-refractivity contribution < 1.29 is 19.1 Å². The molecule has 1 aliphatic rings. The van der Waals surface area contributed by atoms with Gasteiger partial charge in [-0.25, -0.2) is 0 Å². The van der Waals surface area contributed by atoms with Gasteiger partial charge in [0.15, 0.2) is 0 Å². The highest BCUT2D eigenvalue weighted by Crippen LogP contribution is 2.35. The predicted octanol–water partition coefficient (Wildman–Crippen LogP) is 4.54. The molecule has 9 heteroatoms. The summed E-state index contributed by atoms with van der Waals surface area (Å²) in [5.41, 5.74) is 0.671. The molecule has 3 rings (SSSR count). The number of nitrogens with zero attached hydrogens (tertiary/aromatic N) is 1. The van der Waals surface area contributed by atoms with Gasteiger partial charge in [0, 0.05) is 16.7 Å². The minimum Gasteiger partial charge on any atom is -0.480 e. The third-order valence-electron chi connectivity index (χ3n) is 3.26. The van der Waals surface area contributed by atoms with E-state index >= 15 is 0 Å². The number of aliphatic carboxylic acids is 1. The van der Waals surface area contributed by atoms with Crippen LogP contribution in [0.3, 0.4) is 0 Å². The molecule has 128 valence electrons. The lowest BCUT2D eigenvalue weighted by Crippen LogP contribution is -2.33. The first kappa shape index (κ1) is 18.0. The van der Waals surface area contributed by atoms with Gasteiger partial charge in [-0.3, -0.25) is 14.5 Å². The van der Waals surface area contributed by atoms with Crippen LogP contribution in [0.2, 0.25) is 10.0 Å². The molecule has 25 heavy (non-hydrogen) atoms. The maximum absolute atomic E-state index is 12.2. The fraction of sp³-hybridized carbons (Fsp3) is 0.0625. The quantitative estimate of drug-likeness (QED) is 0.585. The average molecular weight is 414 g/mol. The molecule has 1 fully saturated rings. The van der Waals surface area contributed by atoms with Crippen LogP contribution in [0.25, 0.3) is 17.4 Å². The van der Waals surface area contributed by atoms with E-state index in [0.717, 1.165) is 16.7 Å². The van der Waals surface area contributed by atoms with Crippen LogP contribution in [0.5, 0.6) is 0 Å². The summed E-state index contributed by atoms with van der Waals surface area (Å²) >= 11 is 18.1. The Labute approximate surface area is 162 Å². The Kier molecular flexibility index (Phi) is 5.19. The monoisotopic (exact) mass is 413 g/mol. The summed E-state index contributed by atoms with van der Waals surface area (Å²) in [6.45, 7) is -0.466. The highest BCUT2D eigenvalue weighted by molar-refractivity contribution is 8.26. The molecule has 0 aliphatic carbocycles. The van der Waals surface area contributed by atoms with Crippen molar-refractivity contribution in [3.05, 3.63) is 51.0 Å². The molecule has 0 radical (unpaired) electrons. The van der Waals surface area contributed by atoms with Crippen molar-refractivity contribution >= 4 is 69.5 Å². The molecule has 0 bridgehead atoms. The van der Waals surface area contributed by atoms with E-state index in [4.69, 9.17) is 44.9 Å². The van der Waals surface area contributed by atoms with Gasteiger partial charge >= 0.3 is 5.97 Å². The number of thiocarbonyl (C=S) groups is 1. The number of rotatable bonds is 4. The number of benzene rings is 1. The maximum atomic E-state index is 12.2. The maximum Gasteiger partial charge on any atom is 0.323 e. The fourth-order valence-electron chi connectivity index (χ4n) is 2.17. The number of carbonyl (C=O) groups excluding carboxylic acids is 1. The minimum absolute atomic E-state index is 0.200. The van der Waals surface area contributed by atoms with Crippen LogP contribution in [0.15, 0.2) is 39.7 Å². The topological polar surface area (TPSA) is 70.8 Å². The van der Waals surface area contributed by atoms with Crippen LogP contribution in [-0.2, 0) is 9.59 Å². The van der Waals surface area contributed by atoms with Gasteiger partial charge in [0.05, 0.1) is 9.93 Å². The zero-order valence-corrected chi connectivity index (χ0v) is 15.5. The lowest BCUT2D eigenvalue weighted by Gasteiger charge is -2.09. The van der Waals surface area contributed by atoms with Crippen molar-refractivity contribution in [1.29, 1.82) is 0 Å². The van der Waals surface area contributed by atoms with Crippen molar-refractivity contribution in [2.75, 3.05) is 6.54 Å². The molecule has 0 saturated carbocycles. The molecule has 5 nitrogen and oxygen atoms in total. The number of carboxylic acid groups (broad SMARTS) is 1. The Hall–Kier alpha value is -1.80. The molecule has 2 aromatic rings. The molecule has 2 heterocycles. The number of hydrogen-bond acceptors (Lipinski definition) is 5. The lowest BCUT2D eigenvalue weighted by molar-refractivity contribution is -0.140. The van der Waals surface area contributed by atoms with Crippen LogP contribution in [0.4, 0.5) is 0 Å². The van der Waals surface area contributed by atoms with Crippen LogP contribution in [0.1, 0.15) is 5.76 Å². The van der Waals surface area contributed by atoms with Gasteiger partial charge in [0.25, 0.3) is 5.91 Å². The molecule has 0 spiro atoms. The molecule has 1 N–H and O–H groups in total. The first-order valence-corrected chi connectivity index (χ1v) is 8.85. The molecule has 1 saturated heterocycles. The zero-order valence-electron chi connectivity index (χ0n) is 12.4. The number of hydrogen-bond donors (Lipinski definition) is 1. The van der Waals surface area contributed by atoms with E-state index in [1.54, 1.807) is 30.3 Å². The summed E-state index contributed by atoms with van der Waals surface area (Å²) in [4.78, 5) is 24.4. The molecule has 0 atom stereocenters. The molecule has 1 aliphatic heterocycles. The van der Waals surface area contributed by atoms with Gasteiger partial charge in [0.1, 0.15) is 22.4 Å².